The third-order valence-corrected chi connectivity index (χ3v) is 4.21. The monoisotopic (exact) mass is 265 g/mol. The van der Waals surface area contributed by atoms with Crippen molar-refractivity contribution < 1.29 is 13.6 Å². The third kappa shape index (κ3) is 8.14. The summed E-state index contributed by atoms with van der Waals surface area (Å²) in [5.41, 5.74) is 0. The van der Waals surface area contributed by atoms with Crippen LogP contribution in [0.4, 0.5) is 0 Å². The van der Waals surface area contributed by atoms with Gasteiger partial charge in [0.2, 0.25) is 0 Å². The number of isothiocyanates is 1. The van der Waals surface area contributed by atoms with Crippen molar-refractivity contribution in [1.29, 1.82) is 0 Å². The molecule has 0 rings (SSSR count). The molecule has 0 saturated heterocycles. The smallest absolute Gasteiger partial charge is 0.309 e. The van der Waals surface area contributed by atoms with E-state index in [0.717, 1.165) is 19.3 Å². The van der Waals surface area contributed by atoms with Crippen LogP contribution in [0.15, 0.2) is 4.99 Å². The van der Waals surface area contributed by atoms with Crippen LogP contribution in [-0.2, 0) is 13.6 Å². The average Bonchev–Trinajstić information content (AvgIpc) is 2.24. The van der Waals surface area contributed by atoms with Crippen molar-refractivity contribution in [2.75, 3.05) is 25.9 Å². The molecule has 0 aliphatic rings. The van der Waals surface area contributed by atoms with Crippen LogP contribution >= 0.6 is 19.8 Å². The van der Waals surface area contributed by atoms with E-state index in [1.807, 2.05) is 13.8 Å². The van der Waals surface area contributed by atoms with Crippen molar-refractivity contribution in [3.8, 4) is 0 Å². The zero-order valence-corrected chi connectivity index (χ0v) is 11.7. The highest BCUT2D eigenvalue weighted by atomic mass is 32.1. The first kappa shape index (κ1) is 16.0. The van der Waals surface area contributed by atoms with Crippen molar-refractivity contribution in [3.63, 3.8) is 0 Å². The summed E-state index contributed by atoms with van der Waals surface area (Å²) in [4.78, 5) is 3.81. The quantitative estimate of drug-likeness (QED) is 0.262. The van der Waals surface area contributed by atoms with E-state index in [2.05, 4.69) is 22.4 Å². The molecule has 0 atom stereocenters. The minimum atomic E-state index is -2.84. The molecule has 0 amide bonds. The first-order chi connectivity index (χ1) is 7.68. The van der Waals surface area contributed by atoms with Crippen molar-refractivity contribution in [3.05, 3.63) is 0 Å². The molecule has 0 aromatic heterocycles. The lowest BCUT2D eigenvalue weighted by atomic mass is 10.2. The maximum atomic E-state index is 12.0. The van der Waals surface area contributed by atoms with E-state index >= 15 is 0 Å². The Kier molecular flexibility index (Phi) is 10.1. The number of unbranched alkanes of at least 4 members (excludes halogenated alkanes) is 2. The minimum Gasteiger partial charge on any atom is -0.309 e. The Morgan fingerprint density at radius 2 is 1.81 bits per heavy atom. The van der Waals surface area contributed by atoms with E-state index in [0.29, 0.717) is 25.9 Å². The van der Waals surface area contributed by atoms with Gasteiger partial charge in [-0.05, 0) is 38.9 Å². The highest BCUT2D eigenvalue weighted by Gasteiger charge is 2.22. The molecule has 0 radical (unpaired) electrons. The number of thiocarbonyl (C=S) groups is 1. The molecule has 4 nitrogen and oxygen atoms in total. The third-order valence-electron chi connectivity index (χ3n) is 1.92. The Morgan fingerprint density at radius 3 is 2.31 bits per heavy atom. The molecule has 0 aromatic rings. The van der Waals surface area contributed by atoms with Gasteiger partial charge in [-0.3, -0.25) is 4.57 Å². The Morgan fingerprint density at radius 1 is 1.19 bits per heavy atom. The van der Waals surface area contributed by atoms with Gasteiger partial charge >= 0.3 is 7.60 Å². The Balaban J connectivity index is 3.76. The number of nitrogens with zero attached hydrogens (tertiary/aromatic N) is 1. The van der Waals surface area contributed by atoms with Gasteiger partial charge in [-0.1, -0.05) is 6.42 Å². The fourth-order valence-electron chi connectivity index (χ4n) is 1.28. The number of aliphatic imine (C=N–C) groups is 1. The zero-order valence-electron chi connectivity index (χ0n) is 9.98. The molecule has 16 heavy (non-hydrogen) atoms. The van der Waals surface area contributed by atoms with Crippen molar-refractivity contribution in [2.45, 2.75) is 33.1 Å². The van der Waals surface area contributed by atoms with Gasteiger partial charge in [0.25, 0.3) is 0 Å². The van der Waals surface area contributed by atoms with Crippen LogP contribution in [-0.4, -0.2) is 31.1 Å². The lowest BCUT2D eigenvalue weighted by Gasteiger charge is -2.16. The standard InChI is InChI=1S/C10H20NO3PS/c1-3-13-15(12,14-4-2)9-7-5-6-8-11-10-16/h3-9H2,1-2H3. The van der Waals surface area contributed by atoms with Crippen LogP contribution in [0.1, 0.15) is 33.1 Å². The Hall–Kier alpha value is -0.0500. The number of rotatable bonds is 10. The molecule has 0 heterocycles. The highest BCUT2D eigenvalue weighted by molar-refractivity contribution is 7.78. The molecular weight excluding hydrogens is 245 g/mol. The fraction of sp³-hybridized carbons (Fsp3) is 0.900. The molecule has 6 heteroatoms. The summed E-state index contributed by atoms with van der Waals surface area (Å²) in [7, 11) is -2.84. The van der Waals surface area contributed by atoms with Crippen LogP contribution in [0.3, 0.4) is 0 Å². The van der Waals surface area contributed by atoms with E-state index in [1.165, 1.54) is 0 Å². The molecule has 0 saturated carbocycles. The van der Waals surface area contributed by atoms with Crippen molar-refractivity contribution in [1.82, 2.24) is 0 Å². The molecule has 0 aliphatic heterocycles. The highest BCUT2D eigenvalue weighted by Crippen LogP contribution is 2.48. The molecule has 0 aromatic carbocycles. The molecule has 0 N–H and O–H groups in total. The maximum absolute atomic E-state index is 12.0. The lowest BCUT2D eigenvalue weighted by Crippen LogP contribution is -2.00. The molecule has 94 valence electrons. The Labute approximate surface area is 103 Å². The van der Waals surface area contributed by atoms with Gasteiger partial charge in [-0.15, -0.1) is 0 Å². The van der Waals surface area contributed by atoms with E-state index in [1.54, 1.807) is 0 Å². The summed E-state index contributed by atoms with van der Waals surface area (Å²) in [5.74, 6) is 0. The first-order valence-corrected chi connectivity index (χ1v) is 7.74. The summed E-state index contributed by atoms with van der Waals surface area (Å²) in [6, 6.07) is 0. The summed E-state index contributed by atoms with van der Waals surface area (Å²) < 4.78 is 22.4. The molecule has 0 fully saturated rings. The van der Waals surface area contributed by atoms with E-state index < -0.39 is 7.60 Å². The minimum absolute atomic E-state index is 0.423. The summed E-state index contributed by atoms with van der Waals surface area (Å²) in [6.45, 7) is 5.18. The van der Waals surface area contributed by atoms with Crippen LogP contribution < -0.4 is 0 Å². The second kappa shape index (κ2) is 10.1. The van der Waals surface area contributed by atoms with Crippen LogP contribution in [0.5, 0.6) is 0 Å². The molecule has 0 bridgehead atoms. The normalized spacial score (nSPS) is 11.1. The first-order valence-electron chi connectivity index (χ1n) is 5.60. The molecule has 0 unspecified atom stereocenters. The Bertz CT molecular complexity index is 257. The second-order valence-electron chi connectivity index (χ2n) is 3.20. The second-order valence-corrected chi connectivity index (χ2v) is 5.57. The van der Waals surface area contributed by atoms with Crippen molar-refractivity contribution in [2.24, 2.45) is 4.99 Å². The van der Waals surface area contributed by atoms with Crippen LogP contribution in [0.2, 0.25) is 0 Å². The SMILES string of the molecule is CCOP(=O)(CCCCCN=C=S)OCC. The van der Waals surface area contributed by atoms with Gasteiger partial charge < -0.3 is 9.05 Å². The average molecular weight is 265 g/mol. The summed E-state index contributed by atoms with van der Waals surface area (Å²) in [6.07, 6.45) is 3.19. The van der Waals surface area contributed by atoms with Gasteiger partial charge in [0.05, 0.1) is 24.5 Å². The fourth-order valence-corrected chi connectivity index (χ4v) is 3.10. The largest absolute Gasteiger partial charge is 0.330 e. The topological polar surface area (TPSA) is 47.9 Å². The summed E-state index contributed by atoms with van der Waals surface area (Å²) >= 11 is 4.46. The van der Waals surface area contributed by atoms with Crippen LogP contribution in [0, 0.1) is 0 Å². The number of hydrogen-bond acceptors (Lipinski definition) is 5. The lowest BCUT2D eigenvalue weighted by molar-refractivity contribution is 0.219. The van der Waals surface area contributed by atoms with Gasteiger partial charge in [0, 0.05) is 6.54 Å². The van der Waals surface area contributed by atoms with Crippen molar-refractivity contribution >= 4 is 25.0 Å². The van der Waals surface area contributed by atoms with E-state index in [9.17, 15) is 4.57 Å². The zero-order chi connectivity index (χ0) is 12.3. The van der Waals surface area contributed by atoms with Gasteiger partial charge in [-0.25, -0.2) is 4.99 Å². The van der Waals surface area contributed by atoms with E-state index in [4.69, 9.17) is 9.05 Å². The van der Waals surface area contributed by atoms with Gasteiger partial charge in [0.15, 0.2) is 0 Å². The van der Waals surface area contributed by atoms with E-state index in [-0.39, 0.29) is 0 Å². The van der Waals surface area contributed by atoms with Crippen LogP contribution in [0.25, 0.3) is 0 Å². The predicted molar refractivity (Wildman–Crippen MR) is 69.5 cm³/mol. The molecule has 0 aliphatic carbocycles. The number of hydrogen-bond donors (Lipinski definition) is 0. The van der Waals surface area contributed by atoms with Gasteiger partial charge in [-0.2, -0.15) is 0 Å². The maximum Gasteiger partial charge on any atom is 0.330 e. The van der Waals surface area contributed by atoms with Gasteiger partial charge in [0.1, 0.15) is 0 Å². The molecule has 0 spiro atoms. The summed E-state index contributed by atoms with van der Waals surface area (Å²) in [5, 5.41) is 2.32. The predicted octanol–water partition coefficient (Wildman–Crippen LogP) is 3.53. The molecular formula is C10H20NO3PS.